The number of rotatable bonds is 0. The van der Waals surface area contributed by atoms with Crippen LogP contribution in [0.1, 0.15) is 0 Å². The second-order valence-electron chi connectivity index (χ2n) is 2.95. The number of benzene rings is 2. The standard InChI is InChI=1S/C11H6NO/c1-2-4-9-8(3-1)5-6-11-10(9)7-13-12-11/h1-4,6-7H. The minimum atomic E-state index is 0.860. The maximum Gasteiger partial charge on any atom is 0.132 e. The van der Waals surface area contributed by atoms with Crippen LogP contribution in [0.2, 0.25) is 0 Å². The van der Waals surface area contributed by atoms with Crippen molar-refractivity contribution in [3.05, 3.63) is 42.7 Å². The van der Waals surface area contributed by atoms with Crippen LogP contribution in [0, 0.1) is 6.07 Å². The first kappa shape index (κ1) is 6.66. The lowest BCUT2D eigenvalue weighted by Gasteiger charge is -1.95. The Kier molecular flexibility index (Phi) is 1.19. The average molecular weight is 168 g/mol. The first-order chi connectivity index (χ1) is 6.45. The molecular formula is C11H6NO. The van der Waals surface area contributed by atoms with Gasteiger partial charge in [0.15, 0.2) is 0 Å². The normalized spacial score (nSPS) is 11.1. The molecule has 0 amide bonds. The van der Waals surface area contributed by atoms with Gasteiger partial charge in [0.1, 0.15) is 11.8 Å². The van der Waals surface area contributed by atoms with E-state index in [1.165, 1.54) is 0 Å². The molecule has 0 fully saturated rings. The highest BCUT2D eigenvalue weighted by Gasteiger charge is 2.01. The lowest BCUT2D eigenvalue weighted by Crippen LogP contribution is -1.73. The van der Waals surface area contributed by atoms with Crippen LogP contribution in [0.4, 0.5) is 0 Å². The SMILES string of the molecule is [c]1cc2nocc2c2ccccc12. The Morgan fingerprint density at radius 3 is 3.08 bits per heavy atom. The summed E-state index contributed by atoms with van der Waals surface area (Å²) in [6.07, 6.45) is 1.67. The lowest BCUT2D eigenvalue weighted by atomic mass is 10.1. The van der Waals surface area contributed by atoms with Crippen molar-refractivity contribution in [3.8, 4) is 0 Å². The van der Waals surface area contributed by atoms with Crippen molar-refractivity contribution in [3.63, 3.8) is 0 Å². The van der Waals surface area contributed by atoms with Gasteiger partial charge in [-0.3, -0.25) is 0 Å². The van der Waals surface area contributed by atoms with Crippen molar-refractivity contribution in [2.45, 2.75) is 0 Å². The molecule has 0 aliphatic rings. The average Bonchev–Trinajstić information content (AvgIpc) is 2.65. The Morgan fingerprint density at radius 1 is 1.15 bits per heavy atom. The smallest absolute Gasteiger partial charge is 0.132 e. The molecule has 1 radical (unpaired) electrons. The molecule has 2 heteroatoms. The number of fused-ring (bicyclic) bond motifs is 3. The fraction of sp³-hybridized carbons (Fsp3) is 0. The zero-order valence-electron chi connectivity index (χ0n) is 6.82. The van der Waals surface area contributed by atoms with Gasteiger partial charge in [-0.25, -0.2) is 0 Å². The van der Waals surface area contributed by atoms with Crippen molar-refractivity contribution in [1.29, 1.82) is 0 Å². The molecule has 2 aromatic carbocycles. The summed E-state index contributed by atoms with van der Waals surface area (Å²) in [5, 5.41) is 7.15. The largest absolute Gasteiger partial charge is 0.363 e. The van der Waals surface area contributed by atoms with Gasteiger partial charge >= 0.3 is 0 Å². The van der Waals surface area contributed by atoms with Crippen LogP contribution in [0.25, 0.3) is 21.7 Å². The first-order valence-corrected chi connectivity index (χ1v) is 4.09. The van der Waals surface area contributed by atoms with Crippen LogP contribution < -0.4 is 0 Å². The van der Waals surface area contributed by atoms with E-state index in [4.69, 9.17) is 4.52 Å². The minimum Gasteiger partial charge on any atom is -0.363 e. The van der Waals surface area contributed by atoms with Crippen molar-refractivity contribution < 1.29 is 4.52 Å². The Bertz CT molecular complexity index is 568. The van der Waals surface area contributed by atoms with Gasteiger partial charge in [-0.05, 0) is 22.9 Å². The van der Waals surface area contributed by atoms with E-state index < -0.39 is 0 Å². The third kappa shape index (κ3) is 0.855. The van der Waals surface area contributed by atoms with Crippen LogP contribution in [0.3, 0.4) is 0 Å². The third-order valence-electron chi connectivity index (χ3n) is 2.18. The van der Waals surface area contributed by atoms with E-state index in [2.05, 4.69) is 11.2 Å². The summed E-state index contributed by atoms with van der Waals surface area (Å²) in [4.78, 5) is 0. The topological polar surface area (TPSA) is 26.0 Å². The molecule has 3 rings (SSSR count). The van der Waals surface area contributed by atoms with Crippen LogP contribution in [0.15, 0.2) is 41.1 Å². The molecule has 61 valence electrons. The molecule has 0 spiro atoms. The fourth-order valence-electron chi connectivity index (χ4n) is 1.54. The number of hydrogen-bond donors (Lipinski definition) is 0. The maximum atomic E-state index is 4.90. The molecular weight excluding hydrogens is 162 g/mol. The summed E-state index contributed by atoms with van der Waals surface area (Å²) < 4.78 is 4.90. The summed E-state index contributed by atoms with van der Waals surface area (Å²) in [5.74, 6) is 0. The predicted octanol–water partition coefficient (Wildman–Crippen LogP) is 2.78. The zero-order valence-corrected chi connectivity index (χ0v) is 6.82. The zero-order chi connectivity index (χ0) is 8.67. The first-order valence-electron chi connectivity index (χ1n) is 4.09. The fourth-order valence-corrected chi connectivity index (χ4v) is 1.54. The highest BCUT2D eigenvalue weighted by molar-refractivity contribution is 6.05. The molecule has 0 aliphatic heterocycles. The maximum absolute atomic E-state index is 4.90. The number of hydrogen-bond acceptors (Lipinski definition) is 2. The van der Waals surface area contributed by atoms with Crippen LogP contribution in [-0.2, 0) is 0 Å². The molecule has 0 aliphatic carbocycles. The van der Waals surface area contributed by atoms with Crippen molar-refractivity contribution in [2.75, 3.05) is 0 Å². The van der Waals surface area contributed by atoms with Gasteiger partial charge in [-0.1, -0.05) is 29.4 Å². The van der Waals surface area contributed by atoms with E-state index in [1.54, 1.807) is 6.26 Å². The van der Waals surface area contributed by atoms with Gasteiger partial charge in [-0.2, -0.15) is 0 Å². The van der Waals surface area contributed by atoms with Crippen LogP contribution in [0.5, 0.6) is 0 Å². The highest BCUT2D eigenvalue weighted by atomic mass is 16.5. The highest BCUT2D eigenvalue weighted by Crippen LogP contribution is 2.23. The molecule has 3 aromatic rings. The Balaban J connectivity index is 2.65. The van der Waals surface area contributed by atoms with Crippen LogP contribution >= 0.6 is 0 Å². The van der Waals surface area contributed by atoms with E-state index in [-0.39, 0.29) is 0 Å². The summed E-state index contributed by atoms with van der Waals surface area (Å²) in [7, 11) is 0. The third-order valence-corrected chi connectivity index (χ3v) is 2.18. The Labute approximate surface area is 74.8 Å². The van der Waals surface area contributed by atoms with E-state index in [1.807, 2.05) is 30.3 Å². The minimum absolute atomic E-state index is 0.860. The summed E-state index contributed by atoms with van der Waals surface area (Å²) >= 11 is 0. The van der Waals surface area contributed by atoms with Gasteiger partial charge in [0, 0.05) is 5.39 Å². The van der Waals surface area contributed by atoms with Crippen LogP contribution in [-0.4, -0.2) is 5.16 Å². The van der Waals surface area contributed by atoms with E-state index in [0.29, 0.717) is 0 Å². The molecule has 0 unspecified atom stereocenters. The number of nitrogens with zero attached hydrogens (tertiary/aromatic N) is 1. The van der Waals surface area contributed by atoms with Gasteiger partial charge in [0.2, 0.25) is 0 Å². The molecule has 2 nitrogen and oxygen atoms in total. The second-order valence-corrected chi connectivity index (χ2v) is 2.95. The van der Waals surface area contributed by atoms with Gasteiger partial charge in [0.05, 0.1) is 0 Å². The molecule has 1 heterocycles. The predicted molar refractivity (Wildman–Crippen MR) is 50.4 cm³/mol. The molecule has 0 N–H and O–H groups in total. The summed E-state index contributed by atoms with van der Waals surface area (Å²) in [6.45, 7) is 0. The molecule has 13 heavy (non-hydrogen) atoms. The van der Waals surface area contributed by atoms with Crippen molar-refractivity contribution >= 4 is 21.7 Å². The quantitative estimate of drug-likeness (QED) is 0.515. The van der Waals surface area contributed by atoms with E-state index in [0.717, 1.165) is 21.7 Å². The van der Waals surface area contributed by atoms with Crippen molar-refractivity contribution in [2.24, 2.45) is 0 Å². The lowest BCUT2D eigenvalue weighted by molar-refractivity contribution is 0.428. The summed E-state index contributed by atoms with van der Waals surface area (Å²) in [6, 6.07) is 13.1. The van der Waals surface area contributed by atoms with Crippen molar-refractivity contribution in [1.82, 2.24) is 5.16 Å². The van der Waals surface area contributed by atoms with Gasteiger partial charge in [-0.15, -0.1) is 0 Å². The van der Waals surface area contributed by atoms with Gasteiger partial charge in [0.25, 0.3) is 0 Å². The molecule has 1 aromatic heterocycles. The summed E-state index contributed by atoms with van der Waals surface area (Å²) in [5.41, 5.74) is 0.860. The van der Waals surface area contributed by atoms with E-state index in [9.17, 15) is 0 Å². The molecule has 0 saturated carbocycles. The van der Waals surface area contributed by atoms with Gasteiger partial charge < -0.3 is 4.52 Å². The van der Waals surface area contributed by atoms with E-state index >= 15 is 0 Å². The molecule has 0 bridgehead atoms. The Hall–Kier alpha value is -1.83. The monoisotopic (exact) mass is 168 g/mol. The Morgan fingerprint density at radius 2 is 2.08 bits per heavy atom. The molecule has 0 atom stereocenters. The number of aromatic nitrogens is 1. The molecule has 0 saturated heterocycles. The second kappa shape index (κ2) is 2.33.